The lowest BCUT2D eigenvalue weighted by atomic mass is 10.2. The average molecular weight is 343 g/mol. The maximum absolute atomic E-state index is 12.3. The molecule has 0 radical (unpaired) electrons. The predicted molar refractivity (Wildman–Crippen MR) is 80.1 cm³/mol. The molecule has 0 saturated carbocycles. The summed E-state index contributed by atoms with van der Waals surface area (Å²) in [6, 6.07) is 12.1. The van der Waals surface area contributed by atoms with Gasteiger partial charge in [-0.25, -0.2) is 13.1 Å². The lowest BCUT2D eigenvalue weighted by Crippen LogP contribution is -2.18. The fourth-order valence-corrected chi connectivity index (χ4v) is 2.56. The summed E-state index contributed by atoms with van der Waals surface area (Å²) in [5.41, 5.74) is 0.458. The van der Waals surface area contributed by atoms with Gasteiger partial charge in [-0.2, -0.15) is 8.78 Å². The van der Waals surface area contributed by atoms with Gasteiger partial charge in [0.15, 0.2) is 0 Å². The SMILES string of the molecule is CNS(=O)(=O)c1ccc(OCc2ccccc2OC(F)F)cc1. The van der Waals surface area contributed by atoms with E-state index in [1.807, 2.05) is 0 Å². The molecule has 23 heavy (non-hydrogen) atoms. The van der Waals surface area contributed by atoms with E-state index in [0.29, 0.717) is 11.3 Å². The number of halogens is 2. The van der Waals surface area contributed by atoms with Crippen LogP contribution in [0, 0.1) is 0 Å². The number of para-hydroxylation sites is 1. The van der Waals surface area contributed by atoms with Crippen molar-refractivity contribution in [3.63, 3.8) is 0 Å². The highest BCUT2D eigenvalue weighted by molar-refractivity contribution is 7.89. The molecule has 0 heterocycles. The van der Waals surface area contributed by atoms with Gasteiger partial charge in [-0.1, -0.05) is 18.2 Å². The van der Waals surface area contributed by atoms with E-state index in [0.717, 1.165) is 0 Å². The molecular weight excluding hydrogens is 328 g/mol. The molecule has 0 aliphatic rings. The smallest absolute Gasteiger partial charge is 0.387 e. The summed E-state index contributed by atoms with van der Waals surface area (Å²) in [5.74, 6) is 0.448. The minimum absolute atomic E-state index is 0.0149. The second kappa shape index (κ2) is 7.38. The molecule has 5 nitrogen and oxygen atoms in total. The van der Waals surface area contributed by atoms with Crippen LogP contribution in [0.3, 0.4) is 0 Å². The van der Waals surface area contributed by atoms with Gasteiger partial charge in [0.1, 0.15) is 18.1 Å². The van der Waals surface area contributed by atoms with Gasteiger partial charge in [0.05, 0.1) is 4.90 Å². The van der Waals surface area contributed by atoms with E-state index >= 15 is 0 Å². The van der Waals surface area contributed by atoms with E-state index in [4.69, 9.17) is 4.74 Å². The third-order valence-electron chi connectivity index (χ3n) is 2.99. The van der Waals surface area contributed by atoms with Gasteiger partial charge in [-0.05, 0) is 37.4 Å². The van der Waals surface area contributed by atoms with Crippen molar-refractivity contribution in [2.45, 2.75) is 18.1 Å². The second-order valence-electron chi connectivity index (χ2n) is 4.45. The number of rotatable bonds is 7. The summed E-state index contributed by atoms with van der Waals surface area (Å²) in [6.45, 7) is -2.90. The van der Waals surface area contributed by atoms with Crippen LogP contribution in [0.5, 0.6) is 11.5 Å². The van der Waals surface area contributed by atoms with Crippen LogP contribution in [-0.2, 0) is 16.6 Å². The molecular formula is C15H15F2NO4S. The first-order valence-electron chi connectivity index (χ1n) is 6.61. The van der Waals surface area contributed by atoms with Crippen LogP contribution in [0.1, 0.15) is 5.56 Å². The van der Waals surface area contributed by atoms with Crippen LogP contribution in [0.4, 0.5) is 8.78 Å². The molecule has 0 aliphatic heterocycles. The van der Waals surface area contributed by atoms with Crippen LogP contribution in [0.15, 0.2) is 53.4 Å². The van der Waals surface area contributed by atoms with Gasteiger partial charge in [0.25, 0.3) is 0 Å². The number of hydrogen-bond acceptors (Lipinski definition) is 4. The van der Waals surface area contributed by atoms with E-state index in [-0.39, 0.29) is 17.3 Å². The molecule has 0 saturated heterocycles. The third kappa shape index (κ3) is 4.64. The Morgan fingerprint density at radius 1 is 1.09 bits per heavy atom. The Balaban J connectivity index is 2.07. The van der Waals surface area contributed by atoms with Crippen LogP contribution in [0.25, 0.3) is 0 Å². The van der Waals surface area contributed by atoms with E-state index in [9.17, 15) is 17.2 Å². The molecule has 0 unspecified atom stereocenters. The van der Waals surface area contributed by atoms with Crippen molar-refractivity contribution in [1.82, 2.24) is 4.72 Å². The predicted octanol–water partition coefficient (Wildman–Crippen LogP) is 2.78. The minimum Gasteiger partial charge on any atom is -0.489 e. The Morgan fingerprint density at radius 3 is 2.35 bits per heavy atom. The number of benzene rings is 2. The Morgan fingerprint density at radius 2 is 1.74 bits per heavy atom. The monoisotopic (exact) mass is 343 g/mol. The Bertz CT molecular complexity index is 748. The molecule has 1 N–H and O–H groups in total. The first-order valence-corrected chi connectivity index (χ1v) is 8.10. The summed E-state index contributed by atoms with van der Waals surface area (Å²) in [7, 11) is -2.19. The standard InChI is InChI=1S/C15H15F2NO4S/c1-18-23(19,20)13-8-6-12(7-9-13)21-10-11-4-2-3-5-14(11)22-15(16)17/h2-9,15,18H,10H2,1H3. The number of nitrogens with one attached hydrogen (secondary N) is 1. The van der Waals surface area contributed by atoms with Gasteiger partial charge in [-0.15, -0.1) is 0 Å². The third-order valence-corrected chi connectivity index (χ3v) is 4.42. The Labute approximate surface area is 132 Å². The molecule has 2 rings (SSSR count). The highest BCUT2D eigenvalue weighted by Gasteiger charge is 2.12. The Hall–Kier alpha value is -2.19. The first kappa shape index (κ1) is 17.2. The van der Waals surface area contributed by atoms with Crippen molar-refractivity contribution in [3.8, 4) is 11.5 Å². The van der Waals surface area contributed by atoms with Crippen LogP contribution < -0.4 is 14.2 Å². The molecule has 2 aromatic rings. The molecule has 0 fully saturated rings. The zero-order chi connectivity index (χ0) is 16.9. The second-order valence-corrected chi connectivity index (χ2v) is 6.34. The number of ether oxygens (including phenoxy) is 2. The topological polar surface area (TPSA) is 64.6 Å². The number of hydrogen-bond donors (Lipinski definition) is 1. The minimum atomic E-state index is -3.51. The fraction of sp³-hybridized carbons (Fsp3) is 0.200. The Kier molecular flexibility index (Phi) is 5.51. The highest BCUT2D eigenvalue weighted by atomic mass is 32.2. The van der Waals surface area contributed by atoms with Crippen molar-refractivity contribution in [2.75, 3.05) is 7.05 Å². The summed E-state index contributed by atoms with van der Waals surface area (Å²) in [6.07, 6.45) is 0. The molecule has 2 aromatic carbocycles. The van der Waals surface area contributed by atoms with Crippen LogP contribution in [-0.4, -0.2) is 22.1 Å². The lowest BCUT2D eigenvalue weighted by Gasteiger charge is -2.12. The van der Waals surface area contributed by atoms with Gasteiger partial charge < -0.3 is 9.47 Å². The maximum atomic E-state index is 12.3. The van der Waals surface area contributed by atoms with E-state index in [1.165, 1.54) is 37.4 Å². The van der Waals surface area contributed by atoms with Gasteiger partial charge >= 0.3 is 6.61 Å². The first-order chi connectivity index (χ1) is 10.9. The molecule has 0 amide bonds. The van der Waals surface area contributed by atoms with Crippen molar-refractivity contribution in [1.29, 1.82) is 0 Å². The summed E-state index contributed by atoms with van der Waals surface area (Å²) in [5, 5.41) is 0. The van der Waals surface area contributed by atoms with Crippen LogP contribution in [0.2, 0.25) is 0 Å². The fourth-order valence-electron chi connectivity index (χ4n) is 1.83. The summed E-state index contributed by atoms with van der Waals surface area (Å²) in [4.78, 5) is 0.105. The van der Waals surface area contributed by atoms with Crippen molar-refractivity contribution in [3.05, 3.63) is 54.1 Å². The highest BCUT2D eigenvalue weighted by Crippen LogP contribution is 2.23. The van der Waals surface area contributed by atoms with E-state index in [1.54, 1.807) is 18.2 Å². The molecule has 0 bridgehead atoms. The zero-order valence-electron chi connectivity index (χ0n) is 12.2. The lowest BCUT2D eigenvalue weighted by molar-refractivity contribution is -0.0508. The molecule has 0 aliphatic carbocycles. The summed E-state index contributed by atoms with van der Waals surface area (Å²) < 4.78 is 59.9. The molecule has 8 heteroatoms. The molecule has 0 atom stereocenters. The largest absolute Gasteiger partial charge is 0.489 e. The molecule has 0 spiro atoms. The average Bonchev–Trinajstić information content (AvgIpc) is 2.54. The van der Waals surface area contributed by atoms with Crippen molar-refractivity contribution < 1.29 is 26.7 Å². The van der Waals surface area contributed by atoms with Crippen molar-refractivity contribution >= 4 is 10.0 Å². The number of alkyl halides is 2. The zero-order valence-corrected chi connectivity index (χ0v) is 13.0. The van der Waals surface area contributed by atoms with Gasteiger partial charge in [0, 0.05) is 5.56 Å². The normalized spacial score (nSPS) is 11.5. The van der Waals surface area contributed by atoms with Crippen molar-refractivity contribution in [2.24, 2.45) is 0 Å². The van der Waals surface area contributed by atoms with E-state index < -0.39 is 16.6 Å². The van der Waals surface area contributed by atoms with Gasteiger partial charge in [0.2, 0.25) is 10.0 Å². The maximum Gasteiger partial charge on any atom is 0.387 e. The van der Waals surface area contributed by atoms with Gasteiger partial charge in [-0.3, -0.25) is 0 Å². The summed E-state index contributed by atoms with van der Waals surface area (Å²) >= 11 is 0. The van der Waals surface area contributed by atoms with Crippen LogP contribution >= 0.6 is 0 Å². The quantitative estimate of drug-likeness (QED) is 0.840. The molecule has 0 aromatic heterocycles. The number of sulfonamides is 1. The van der Waals surface area contributed by atoms with E-state index in [2.05, 4.69) is 9.46 Å². The molecule has 124 valence electrons.